The van der Waals surface area contributed by atoms with Gasteiger partial charge in [0.15, 0.2) is 0 Å². The highest BCUT2D eigenvalue weighted by Crippen LogP contribution is 2.11. The molecule has 2 heteroatoms. The van der Waals surface area contributed by atoms with Gasteiger partial charge < -0.3 is 0 Å². The van der Waals surface area contributed by atoms with Crippen molar-refractivity contribution in [1.82, 2.24) is 0 Å². The number of hydrogen-bond donors (Lipinski definition) is 0. The van der Waals surface area contributed by atoms with Gasteiger partial charge in [-0.25, -0.2) is 0 Å². The molecule has 0 aromatic carbocycles. The Labute approximate surface area is 65.0 Å². The Hall–Kier alpha value is 0.150. The Balaban J connectivity index is 3.27. The quantitative estimate of drug-likeness (QED) is 0.627. The van der Waals surface area contributed by atoms with Crippen LogP contribution in [0.15, 0.2) is 0 Å². The van der Waals surface area contributed by atoms with E-state index < -0.39 is 0 Å². The largest absolute Gasteiger partial charge is 0.286 e. The average molecular weight is 193 g/mol. The minimum absolute atomic E-state index is 0.135. The standard InChI is InChI=1S/C7H13BrO/c1-3-4-5-6(2)7(8)9/h6H,3-5H2,1-2H3. The van der Waals surface area contributed by atoms with E-state index >= 15 is 0 Å². The van der Waals surface area contributed by atoms with Crippen LogP contribution in [-0.4, -0.2) is 4.69 Å². The third kappa shape index (κ3) is 4.64. The highest BCUT2D eigenvalue weighted by molar-refractivity contribution is 9.18. The molecule has 0 aromatic rings. The van der Waals surface area contributed by atoms with E-state index in [4.69, 9.17) is 0 Å². The zero-order chi connectivity index (χ0) is 7.28. The summed E-state index contributed by atoms with van der Waals surface area (Å²) in [5.41, 5.74) is 0. The molecule has 0 aromatic heterocycles. The molecule has 9 heavy (non-hydrogen) atoms. The van der Waals surface area contributed by atoms with Crippen LogP contribution in [0.25, 0.3) is 0 Å². The van der Waals surface area contributed by atoms with E-state index in [-0.39, 0.29) is 10.6 Å². The summed E-state index contributed by atoms with van der Waals surface area (Å²) in [4.78, 5) is 10.6. The number of halogens is 1. The molecule has 1 atom stereocenters. The van der Waals surface area contributed by atoms with E-state index in [9.17, 15) is 4.79 Å². The topological polar surface area (TPSA) is 17.1 Å². The Morgan fingerprint density at radius 3 is 2.56 bits per heavy atom. The molecule has 0 heterocycles. The molecule has 0 N–H and O–H groups in total. The van der Waals surface area contributed by atoms with Crippen LogP contribution in [0.4, 0.5) is 0 Å². The molecular formula is C7H13BrO. The molecule has 0 aliphatic heterocycles. The second-order valence-electron chi connectivity index (χ2n) is 2.35. The van der Waals surface area contributed by atoms with Gasteiger partial charge in [0.05, 0.1) is 0 Å². The minimum atomic E-state index is 0.135. The molecule has 0 fully saturated rings. The SMILES string of the molecule is CCCCC(C)C(=O)Br. The first-order chi connectivity index (χ1) is 4.18. The van der Waals surface area contributed by atoms with Crippen molar-refractivity contribution >= 4 is 20.6 Å². The molecule has 0 bridgehead atoms. The third-order valence-corrected chi connectivity index (χ3v) is 2.16. The number of hydrogen-bond acceptors (Lipinski definition) is 1. The van der Waals surface area contributed by atoms with Gasteiger partial charge >= 0.3 is 0 Å². The first-order valence-electron chi connectivity index (χ1n) is 3.37. The number of carbonyl (C=O) groups excluding carboxylic acids is 1. The van der Waals surface area contributed by atoms with Crippen molar-refractivity contribution in [2.45, 2.75) is 33.1 Å². The van der Waals surface area contributed by atoms with Gasteiger partial charge in [-0.1, -0.05) is 26.7 Å². The Kier molecular flexibility index (Phi) is 5.06. The minimum Gasteiger partial charge on any atom is -0.286 e. The van der Waals surface area contributed by atoms with Crippen molar-refractivity contribution in [2.75, 3.05) is 0 Å². The zero-order valence-corrected chi connectivity index (χ0v) is 7.57. The van der Waals surface area contributed by atoms with Gasteiger partial charge in [0, 0.05) is 5.92 Å². The van der Waals surface area contributed by atoms with Crippen molar-refractivity contribution < 1.29 is 4.79 Å². The van der Waals surface area contributed by atoms with Crippen LogP contribution in [-0.2, 0) is 4.79 Å². The fraction of sp³-hybridized carbons (Fsp3) is 0.857. The Morgan fingerprint density at radius 2 is 2.22 bits per heavy atom. The van der Waals surface area contributed by atoms with Crippen molar-refractivity contribution in [3.63, 3.8) is 0 Å². The molecular weight excluding hydrogens is 180 g/mol. The first-order valence-corrected chi connectivity index (χ1v) is 4.17. The summed E-state index contributed by atoms with van der Waals surface area (Å²) in [6, 6.07) is 0. The first kappa shape index (κ1) is 9.15. The van der Waals surface area contributed by atoms with Gasteiger partial charge in [0.1, 0.15) is 0 Å². The lowest BCUT2D eigenvalue weighted by Gasteiger charge is -2.02. The predicted octanol–water partition coefficient (Wildman–Crippen LogP) is 2.73. The van der Waals surface area contributed by atoms with E-state index in [1.165, 1.54) is 6.42 Å². The van der Waals surface area contributed by atoms with Gasteiger partial charge in [0.25, 0.3) is 0 Å². The maximum absolute atomic E-state index is 10.6. The second kappa shape index (κ2) is 4.98. The maximum Gasteiger partial charge on any atom is 0.200 e. The highest BCUT2D eigenvalue weighted by Gasteiger charge is 2.06. The lowest BCUT2D eigenvalue weighted by atomic mass is 10.1. The van der Waals surface area contributed by atoms with Crippen molar-refractivity contribution in [2.24, 2.45) is 5.92 Å². The van der Waals surface area contributed by atoms with Gasteiger partial charge in [-0.2, -0.15) is 0 Å². The summed E-state index contributed by atoms with van der Waals surface area (Å²) in [6.45, 7) is 4.08. The lowest BCUT2D eigenvalue weighted by Crippen LogP contribution is -2.01. The van der Waals surface area contributed by atoms with Gasteiger partial charge in [-0.15, -0.1) is 0 Å². The lowest BCUT2D eigenvalue weighted by molar-refractivity contribution is -0.113. The molecule has 0 spiro atoms. The summed E-state index contributed by atoms with van der Waals surface area (Å²) in [5.74, 6) is 0.199. The fourth-order valence-corrected chi connectivity index (χ4v) is 0.853. The van der Waals surface area contributed by atoms with Crippen LogP contribution in [0.3, 0.4) is 0 Å². The summed E-state index contributed by atoms with van der Waals surface area (Å²) in [7, 11) is 0. The van der Waals surface area contributed by atoms with Gasteiger partial charge in [-0.05, 0) is 22.4 Å². The monoisotopic (exact) mass is 192 g/mol. The highest BCUT2D eigenvalue weighted by atomic mass is 79.9. The number of rotatable bonds is 4. The summed E-state index contributed by atoms with van der Waals surface area (Å²) < 4.78 is 0.135. The maximum atomic E-state index is 10.6. The van der Waals surface area contributed by atoms with E-state index in [1.54, 1.807) is 0 Å². The molecule has 1 unspecified atom stereocenters. The molecule has 54 valence electrons. The average Bonchev–Trinajstić information content (AvgIpc) is 1.82. The molecule has 0 radical (unpaired) electrons. The van der Waals surface area contributed by atoms with Gasteiger partial charge in [-0.3, -0.25) is 4.79 Å². The van der Waals surface area contributed by atoms with E-state index in [2.05, 4.69) is 22.9 Å². The Morgan fingerprint density at radius 1 is 1.67 bits per heavy atom. The summed E-state index contributed by atoms with van der Waals surface area (Å²) in [5, 5.41) is 0. The van der Waals surface area contributed by atoms with Crippen LogP contribution in [0.1, 0.15) is 33.1 Å². The predicted molar refractivity (Wildman–Crippen MR) is 42.6 cm³/mol. The fourth-order valence-electron chi connectivity index (χ4n) is 0.624. The molecule has 0 rings (SSSR count). The molecule has 0 saturated carbocycles. The van der Waals surface area contributed by atoms with E-state index in [1.807, 2.05) is 6.92 Å². The van der Waals surface area contributed by atoms with Crippen LogP contribution in [0, 0.1) is 5.92 Å². The van der Waals surface area contributed by atoms with Crippen molar-refractivity contribution in [3.8, 4) is 0 Å². The normalized spacial score (nSPS) is 13.2. The summed E-state index contributed by atoms with van der Waals surface area (Å²) >= 11 is 2.93. The van der Waals surface area contributed by atoms with Crippen LogP contribution in [0.5, 0.6) is 0 Å². The molecule has 0 aliphatic carbocycles. The van der Waals surface area contributed by atoms with Crippen molar-refractivity contribution in [3.05, 3.63) is 0 Å². The third-order valence-electron chi connectivity index (χ3n) is 1.38. The zero-order valence-electron chi connectivity index (χ0n) is 5.98. The van der Waals surface area contributed by atoms with Crippen LogP contribution < -0.4 is 0 Å². The number of unbranched alkanes of at least 4 members (excludes halogenated alkanes) is 1. The van der Waals surface area contributed by atoms with E-state index in [0.717, 1.165) is 12.8 Å². The summed E-state index contributed by atoms with van der Waals surface area (Å²) in [6.07, 6.45) is 3.34. The number of carbonyl (C=O) groups is 1. The van der Waals surface area contributed by atoms with Crippen LogP contribution >= 0.6 is 15.9 Å². The molecule has 0 amide bonds. The van der Waals surface area contributed by atoms with Crippen LogP contribution in [0.2, 0.25) is 0 Å². The second-order valence-corrected chi connectivity index (χ2v) is 3.13. The molecule has 0 aliphatic rings. The van der Waals surface area contributed by atoms with Crippen molar-refractivity contribution in [1.29, 1.82) is 0 Å². The molecule has 1 nitrogen and oxygen atoms in total. The van der Waals surface area contributed by atoms with E-state index in [0.29, 0.717) is 0 Å². The molecule has 0 saturated heterocycles. The van der Waals surface area contributed by atoms with Gasteiger partial charge in [0.2, 0.25) is 4.69 Å². The Bertz CT molecular complexity index is 90.9. The smallest absolute Gasteiger partial charge is 0.200 e.